The van der Waals surface area contributed by atoms with E-state index in [1.807, 2.05) is 18.5 Å². The molecule has 4 rings (SSSR count). The molecule has 0 N–H and O–H groups in total. The van der Waals surface area contributed by atoms with Gasteiger partial charge in [0.05, 0.1) is 12.7 Å². The van der Waals surface area contributed by atoms with Crippen LogP contribution in [0.5, 0.6) is 0 Å². The molecule has 158 valence electrons. The fourth-order valence-electron chi connectivity index (χ4n) is 4.55. The van der Waals surface area contributed by atoms with E-state index in [1.54, 1.807) is 0 Å². The zero-order valence-corrected chi connectivity index (χ0v) is 18.2. The molecule has 3 aromatic rings. The second-order valence-electron chi connectivity index (χ2n) is 8.35. The van der Waals surface area contributed by atoms with Crippen LogP contribution in [-0.2, 0) is 19.6 Å². The predicted octanol–water partition coefficient (Wildman–Crippen LogP) is 4.12. The van der Waals surface area contributed by atoms with Crippen LogP contribution in [0.3, 0.4) is 0 Å². The normalized spacial score (nSPS) is 17.1. The van der Waals surface area contributed by atoms with Crippen LogP contribution < -0.4 is 0 Å². The Morgan fingerprint density at radius 2 is 1.87 bits per heavy atom. The Morgan fingerprint density at radius 3 is 2.63 bits per heavy atom. The SMILES string of the molecule is CCN1CCC[C@H]1CN(Cc1cccnc1)Cc1cnn(Cc2ccccc2)c1C. The molecule has 2 aromatic heterocycles. The molecule has 30 heavy (non-hydrogen) atoms. The Kier molecular flexibility index (Phi) is 6.92. The zero-order valence-electron chi connectivity index (χ0n) is 18.2. The third-order valence-electron chi connectivity index (χ3n) is 6.28. The number of pyridine rings is 1. The average Bonchev–Trinajstić information content (AvgIpc) is 3.36. The Morgan fingerprint density at radius 1 is 1.03 bits per heavy atom. The molecule has 0 bridgehead atoms. The molecule has 0 aliphatic carbocycles. The fourth-order valence-corrected chi connectivity index (χ4v) is 4.55. The molecular weight excluding hydrogens is 370 g/mol. The lowest BCUT2D eigenvalue weighted by Gasteiger charge is -2.30. The van der Waals surface area contributed by atoms with E-state index in [0.29, 0.717) is 6.04 Å². The van der Waals surface area contributed by atoms with Gasteiger partial charge in [-0.3, -0.25) is 19.5 Å². The summed E-state index contributed by atoms with van der Waals surface area (Å²) in [5.41, 5.74) is 5.13. The highest BCUT2D eigenvalue weighted by Crippen LogP contribution is 2.21. The molecule has 1 aliphatic heterocycles. The molecular formula is C25H33N5. The van der Waals surface area contributed by atoms with Crippen molar-refractivity contribution < 1.29 is 0 Å². The maximum atomic E-state index is 4.70. The minimum absolute atomic E-state index is 0.645. The van der Waals surface area contributed by atoms with Gasteiger partial charge >= 0.3 is 0 Å². The number of rotatable bonds is 9. The molecule has 3 heterocycles. The highest BCUT2D eigenvalue weighted by atomic mass is 15.3. The fraction of sp³-hybridized carbons (Fsp3) is 0.440. The highest BCUT2D eigenvalue weighted by molar-refractivity contribution is 5.20. The third kappa shape index (κ3) is 5.15. The summed E-state index contributed by atoms with van der Waals surface area (Å²) in [4.78, 5) is 9.53. The number of hydrogen-bond acceptors (Lipinski definition) is 4. The van der Waals surface area contributed by atoms with Gasteiger partial charge in [-0.05, 0) is 50.0 Å². The minimum atomic E-state index is 0.645. The Balaban J connectivity index is 1.49. The smallest absolute Gasteiger partial charge is 0.0662 e. The van der Waals surface area contributed by atoms with Gasteiger partial charge < -0.3 is 0 Å². The van der Waals surface area contributed by atoms with Crippen molar-refractivity contribution >= 4 is 0 Å². The monoisotopic (exact) mass is 403 g/mol. The summed E-state index contributed by atoms with van der Waals surface area (Å²) in [7, 11) is 0. The molecule has 0 unspecified atom stereocenters. The van der Waals surface area contributed by atoms with Gasteiger partial charge in [0.15, 0.2) is 0 Å². The maximum Gasteiger partial charge on any atom is 0.0662 e. The van der Waals surface area contributed by atoms with E-state index in [-0.39, 0.29) is 0 Å². The highest BCUT2D eigenvalue weighted by Gasteiger charge is 2.25. The second-order valence-corrected chi connectivity index (χ2v) is 8.35. The van der Waals surface area contributed by atoms with Gasteiger partial charge in [-0.25, -0.2) is 0 Å². The Labute approximate surface area is 180 Å². The van der Waals surface area contributed by atoms with Gasteiger partial charge in [-0.1, -0.05) is 43.3 Å². The van der Waals surface area contributed by atoms with Crippen molar-refractivity contribution in [3.8, 4) is 0 Å². The van der Waals surface area contributed by atoms with Crippen molar-refractivity contribution in [2.24, 2.45) is 0 Å². The van der Waals surface area contributed by atoms with Crippen LogP contribution >= 0.6 is 0 Å². The summed E-state index contributed by atoms with van der Waals surface area (Å²) in [6.07, 6.45) is 8.50. The molecule has 0 amide bonds. The first-order valence-corrected chi connectivity index (χ1v) is 11.1. The van der Waals surface area contributed by atoms with E-state index in [2.05, 4.69) is 75.9 Å². The van der Waals surface area contributed by atoms with Crippen molar-refractivity contribution in [2.45, 2.75) is 52.4 Å². The predicted molar refractivity (Wildman–Crippen MR) is 121 cm³/mol. The first kappa shape index (κ1) is 20.8. The lowest BCUT2D eigenvalue weighted by atomic mass is 10.1. The van der Waals surface area contributed by atoms with Crippen LogP contribution in [0.1, 0.15) is 42.1 Å². The topological polar surface area (TPSA) is 37.2 Å². The number of benzene rings is 1. The van der Waals surface area contributed by atoms with E-state index >= 15 is 0 Å². The van der Waals surface area contributed by atoms with Crippen LogP contribution in [0.25, 0.3) is 0 Å². The molecule has 1 atom stereocenters. The molecule has 1 fully saturated rings. The lowest BCUT2D eigenvalue weighted by molar-refractivity contribution is 0.165. The molecule has 0 saturated carbocycles. The van der Waals surface area contributed by atoms with Gasteiger partial charge in [0, 0.05) is 49.3 Å². The Bertz CT molecular complexity index is 906. The summed E-state index contributed by atoms with van der Waals surface area (Å²) in [5, 5.41) is 4.70. The van der Waals surface area contributed by atoms with Crippen molar-refractivity contribution in [3.05, 3.63) is 83.4 Å². The van der Waals surface area contributed by atoms with Crippen LogP contribution in [0.2, 0.25) is 0 Å². The number of nitrogens with zero attached hydrogens (tertiary/aromatic N) is 5. The van der Waals surface area contributed by atoms with Crippen LogP contribution in [-0.4, -0.2) is 50.2 Å². The summed E-state index contributed by atoms with van der Waals surface area (Å²) in [6, 6.07) is 15.4. The van der Waals surface area contributed by atoms with Gasteiger partial charge in [-0.2, -0.15) is 5.10 Å². The van der Waals surface area contributed by atoms with Gasteiger partial charge in [0.1, 0.15) is 0 Å². The van der Waals surface area contributed by atoms with Crippen LogP contribution in [0, 0.1) is 6.92 Å². The van der Waals surface area contributed by atoms with E-state index in [0.717, 1.165) is 32.7 Å². The molecule has 1 saturated heterocycles. The van der Waals surface area contributed by atoms with Gasteiger partial charge in [0.25, 0.3) is 0 Å². The van der Waals surface area contributed by atoms with Crippen molar-refractivity contribution in [2.75, 3.05) is 19.6 Å². The van der Waals surface area contributed by atoms with Gasteiger partial charge in [-0.15, -0.1) is 0 Å². The zero-order chi connectivity index (χ0) is 20.8. The van der Waals surface area contributed by atoms with Crippen molar-refractivity contribution in [1.82, 2.24) is 24.6 Å². The molecule has 1 aliphatic rings. The summed E-state index contributed by atoms with van der Waals surface area (Å²) in [6.45, 7) is 10.6. The quantitative estimate of drug-likeness (QED) is 0.539. The third-order valence-corrected chi connectivity index (χ3v) is 6.28. The standard InChI is InChI=1S/C25H33N5/c1-3-29-14-8-12-25(29)20-28(17-23-11-7-13-26-15-23)19-24-16-27-30(21(24)2)18-22-9-5-4-6-10-22/h4-7,9-11,13,15-16,25H,3,8,12,14,17-20H2,1-2H3/t25-/m0/s1. The molecule has 0 spiro atoms. The Hall–Kier alpha value is -2.50. The minimum Gasteiger partial charge on any atom is -0.299 e. The van der Waals surface area contributed by atoms with Crippen molar-refractivity contribution in [3.63, 3.8) is 0 Å². The van der Waals surface area contributed by atoms with E-state index in [9.17, 15) is 0 Å². The molecule has 5 nitrogen and oxygen atoms in total. The summed E-state index contributed by atoms with van der Waals surface area (Å²) in [5.74, 6) is 0. The summed E-state index contributed by atoms with van der Waals surface area (Å²) >= 11 is 0. The molecule has 1 aromatic carbocycles. The molecule has 5 heteroatoms. The van der Waals surface area contributed by atoms with Crippen LogP contribution in [0.15, 0.2) is 61.1 Å². The number of likely N-dealkylation sites (N-methyl/N-ethyl adjacent to an activating group) is 1. The van der Waals surface area contributed by atoms with E-state index in [1.165, 1.54) is 41.8 Å². The van der Waals surface area contributed by atoms with E-state index < -0.39 is 0 Å². The first-order chi connectivity index (χ1) is 14.7. The maximum absolute atomic E-state index is 4.70. The van der Waals surface area contributed by atoms with Gasteiger partial charge in [0.2, 0.25) is 0 Å². The second kappa shape index (κ2) is 10.0. The van der Waals surface area contributed by atoms with E-state index in [4.69, 9.17) is 5.10 Å². The first-order valence-electron chi connectivity index (χ1n) is 11.1. The largest absolute Gasteiger partial charge is 0.299 e. The molecule has 0 radical (unpaired) electrons. The number of hydrogen-bond donors (Lipinski definition) is 0. The van der Waals surface area contributed by atoms with Crippen molar-refractivity contribution in [1.29, 1.82) is 0 Å². The lowest BCUT2D eigenvalue weighted by Crippen LogP contribution is -2.39. The number of likely N-dealkylation sites (tertiary alicyclic amines) is 1. The summed E-state index contributed by atoms with van der Waals surface area (Å²) < 4.78 is 2.13. The van der Waals surface area contributed by atoms with Crippen LogP contribution in [0.4, 0.5) is 0 Å². The number of aromatic nitrogens is 3. The average molecular weight is 404 g/mol.